The Morgan fingerprint density at radius 3 is 2.93 bits per heavy atom. The molecule has 1 saturated heterocycles. The molecule has 2 heterocycles. The number of benzene rings is 1. The van der Waals surface area contributed by atoms with Crippen LogP contribution in [-0.4, -0.2) is 18.6 Å². The van der Waals surface area contributed by atoms with Crippen molar-refractivity contribution in [3.8, 4) is 5.75 Å². The topological polar surface area (TPSA) is 37.0 Å². The van der Waals surface area contributed by atoms with E-state index in [4.69, 9.17) is 4.74 Å². The predicted molar refractivity (Wildman–Crippen MR) is 60.2 cm³/mol. The minimum atomic E-state index is 0.519. The number of hydrogen-bond acceptors (Lipinski definition) is 2. The van der Waals surface area contributed by atoms with E-state index < -0.39 is 0 Å². The molecule has 15 heavy (non-hydrogen) atoms. The lowest BCUT2D eigenvalue weighted by atomic mass is 9.97. The summed E-state index contributed by atoms with van der Waals surface area (Å²) in [4.78, 5) is 3.29. The minimum absolute atomic E-state index is 0.519. The van der Waals surface area contributed by atoms with Crippen molar-refractivity contribution in [1.82, 2.24) is 10.3 Å². The summed E-state index contributed by atoms with van der Waals surface area (Å²) in [6.45, 7) is 1.13. The van der Waals surface area contributed by atoms with Crippen LogP contribution >= 0.6 is 0 Å². The summed E-state index contributed by atoms with van der Waals surface area (Å²) in [7, 11) is 1.70. The Morgan fingerprint density at radius 1 is 1.40 bits per heavy atom. The predicted octanol–water partition coefficient (Wildman–Crippen LogP) is 2.21. The molecule has 0 bridgehead atoms. The molecule has 78 valence electrons. The highest BCUT2D eigenvalue weighted by molar-refractivity contribution is 5.85. The Balaban J connectivity index is 2.13. The number of aromatic amines is 1. The normalized spacial score (nSPS) is 20.2. The minimum Gasteiger partial charge on any atom is -0.497 e. The van der Waals surface area contributed by atoms with Crippen molar-refractivity contribution in [2.24, 2.45) is 0 Å². The van der Waals surface area contributed by atoms with E-state index in [0.717, 1.165) is 12.3 Å². The molecule has 1 aromatic carbocycles. The summed E-state index contributed by atoms with van der Waals surface area (Å²) in [5.41, 5.74) is 2.54. The number of nitrogens with one attached hydrogen (secondary N) is 2. The molecule has 0 aliphatic carbocycles. The van der Waals surface area contributed by atoms with Gasteiger partial charge in [-0.3, -0.25) is 0 Å². The van der Waals surface area contributed by atoms with Gasteiger partial charge in [0.05, 0.1) is 7.11 Å². The van der Waals surface area contributed by atoms with Gasteiger partial charge >= 0.3 is 0 Å². The van der Waals surface area contributed by atoms with Crippen LogP contribution in [0.4, 0.5) is 0 Å². The fourth-order valence-corrected chi connectivity index (χ4v) is 2.09. The first-order valence-corrected chi connectivity index (χ1v) is 5.27. The molecule has 3 rings (SSSR count). The Morgan fingerprint density at radius 2 is 2.27 bits per heavy atom. The van der Waals surface area contributed by atoms with E-state index in [1.165, 1.54) is 22.9 Å². The molecule has 1 aromatic heterocycles. The van der Waals surface area contributed by atoms with Crippen LogP contribution in [0.5, 0.6) is 5.75 Å². The number of hydrogen-bond donors (Lipinski definition) is 2. The van der Waals surface area contributed by atoms with Crippen LogP contribution in [0.3, 0.4) is 0 Å². The molecule has 3 nitrogen and oxygen atoms in total. The quantitative estimate of drug-likeness (QED) is 0.783. The van der Waals surface area contributed by atoms with Gasteiger partial charge in [-0.25, -0.2) is 0 Å². The zero-order valence-electron chi connectivity index (χ0n) is 8.71. The third kappa shape index (κ3) is 1.31. The standard InChI is InChI=1S/C12H14N2O/c1-15-8-2-3-11-9(6-8)10(7-14-11)12-4-5-13-12/h2-3,6-7,12-14H,4-5H2,1H3/t12-/m0/s1. The van der Waals surface area contributed by atoms with Gasteiger partial charge in [0.25, 0.3) is 0 Å². The first-order valence-electron chi connectivity index (χ1n) is 5.27. The van der Waals surface area contributed by atoms with Crippen molar-refractivity contribution in [1.29, 1.82) is 0 Å². The molecule has 0 spiro atoms. The van der Waals surface area contributed by atoms with E-state index in [-0.39, 0.29) is 0 Å². The molecule has 0 amide bonds. The zero-order chi connectivity index (χ0) is 10.3. The monoisotopic (exact) mass is 202 g/mol. The van der Waals surface area contributed by atoms with Crippen LogP contribution in [0.25, 0.3) is 10.9 Å². The fraction of sp³-hybridized carbons (Fsp3) is 0.333. The summed E-state index contributed by atoms with van der Waals surface area (Å²) >= 11 is 0. The van der Waals surface area contributed by atoms with Crippen LogP contribution in [0.15, 0.2) is 24.4 Å². The van der Waals surface area contributed by atoms with Gasteiger partial charge in [0.1, 0.15) is 5.75 Å². The fourth-order valence-electron chi connectivity index (χ4n) is 2.09. The third-order valence-electron chi connectivity index (χ3n) is 3.12. The molecular formula is C12H14N2O. The van der Waals surface area contributed by atoms with Crippen LogP contribution in [0, 0.1) is 0 Å². The van der Waals surface area contributed by atoms with E-state index in [1.807, 2.05) is 6.07 Å². The van der Waals surface area contributed by atoms with Gasteiger partial charge in [0.2, 0.25) is 0 Å². The van der Waals surface area contributed by atoms with Gasteiger partial charge in [0, 0.05) is 23.1 Å². The van der Waals surface area contributed by atoms with Crippen molar-refractivity contribution in [2.45, 2.75) is 12.5 Å². The molecular weight excluding hydrogens is 188 g/mol. The smallest absolute Gasteiger partial charge is 0.119 e. The number of aromatic nitrogens is 1. The van der Waals surface area contributed by atoms with Gasteiger partial charge in [-0.1, -0.05) is 0 Å². The van der Waals surface area contributed by atoms with Crippen molar-refractivity contribution >= 4 is 10.9 Å². The Kier molecular flexibility index (Phi) is 1.92. The second-order valence-corrected chi connectivity index (χ2v) is 3.95. The summed E-state index contributed by atoms with van der Waals surface area (Å²) in [5, 5.41) is 4.69. The van der Waals surface area contributed by atoms with Crippen LogP contribution in [0.2, 0.25) is 0 Å². The highest BCUT2D eigenvalue weighted by Gasteiger charge is 2.21. The second-order valence-electron chi connectivity index (χ2n) is 3.95. The number of methoxy groups -OCH3 is 1. The molecule has 1 fully saturated rings. The summed E-state index contributed by atoms with van der Waals surface area (Å²) in [5.74, 6) is 0.919. The lowest BCUT2D eigenvalue weighted by Crippen LogP contribution is -2.34. The van der Waals surface area contributed by atoms with E-state index in [0.29, 0.717) is 6.04 Å². The van der Waals surface area contributed by atoms with Gasteiger partial charge in [-0.15, -0.1) is 0 Å². The van der Waals surface area contributed by atoms with E-state index in [9.17, 15) is 0 Å². The maximum absolute atomic E-state index is 5.24. The van der Waals surface area contributed by atoms with Crippen LogP contribution in [-0.2, 0) is 0 Å². The molecule has 3 heteroatoms. The lowest BCUT2D eigenvalue weighted by molar-refractivity contribution is 0.385. The molecule has 0 radical (unpaired) electrons. The van der Waals surface area contributed by atoms with Crippen molar-refractivity contribution in [3.63, 3.8) is 0 Å². The zero-order valence-corrected chi connectivity index (χ0v) is 8.71. The third-order valence-corrected chi connectivity index (χ3v) is 3.12. The molecule has 1 aliphatic heterocycles. The van der Waals surface area contributed by atoms with Crippen molar-refractivity contribution in [2.75, 3.05) is 13.7 Å². The number of H-pyrrole nitrogens is 1. The molecule has 1 aliphatic rings. The van der Waals surface area contributed by atoms with Gasteiger partial charge in [-0.2, -0.15) is 0 Å². The van der Waals surface area contributed by atoms with Crippen LogP contribution < -0.4 is 10.1 Å². The summed E-state index contributed by atoms with van der Waals surface area (Å²) in [6, 6.07) is 6.67. The first kappa shape index (κ1) is 8.80. The molecule has 2 aromatic rings. The largest absolute Gasteiger partial charge is 0.497 e. The lowest BCUT2D eigenvalue weighted by Gasteiger charge is -2.27. The highest BCUT2D eigenvalue weighted by atomic mass is 16.5. The first-order chi connectivity index (χ1) is 7.38. The second kappa shape index (κ2) is 3.28. The Bertz CT molecular complexity index is 485. The van der Waals surface area contributed by atoms with Gasteiger partial charge in [0.15, 0.2) is 0 Å². The average molecular weight is 202 g/mol. The number of ether oxygens (including phenoxy) is 1. The number of rotatable bonds is 2. The van der Waals surface area contributed by atoms with Gasteiger partial charge in [-0.05, 0) is 36.7 Å². The van der Waals surface area contributed by atoms with Crippen molar-refractivity contribution < 1.29 is 4.74 Å². The van der Waals surface area contributed by atoms with E-state index in [2.05, 4.69) is 28.6 Å². The molecule has 0 saturated carbocycles. The Labute approximate surface area is 88.4 Å². The number of fused-ring (bicyclic) bond motifs is 1. The Hall–Kier alpha value is -1.48. The van der Waals surface area contributed by atoms with E-state index >= 15 is 0 Å². The summed E-state index contributed by atoms with van der Waals surface area (Å²) < 4.78 is 5.24. The SMILES string of the molecule is COc1ccc2[nH]cc([C@@H]3CCN3)c2c1. The highest BCUT2D eigenvalue weighted by Crippen LogP contribution is 2.31. The molecule has 2 N–H and O–H groups in total. The molecule has 0 unspecified atom stereocenters. The molecule has 1 atom stereocenters. The maximum atomic E-state index is 5.24. The maximum Gasteiger partial charge on any atom is 0.119 e. The van der Waals surface area contributed by atoms with E-state index in [1.54, 1.807) is 7.11 Å². The van der Waals surface area contributed by atoms with Gasteiger partial charge < -0.3 is 15.0 Å². The van der Waals surface area contributed by atoms with Crippen LogP contribution in [0.1, 0.15) is 18.0 Å². The average Bonchev–Trinajstić information content (AvgIpc) is 2.59. The van der Waals surface area contributed by atoms with Crippen molar-refractivity contribution in [3.05, 3.63) is 30.0 Å². The summed E-state index contributed by atoms with van der Waals surface area (Å²) in [6.07, 6.45) is 3.32.